The zero-order valence-electron chi connectivity index (χ0n) is 11.1. The molecule has 0 amide bonds. The van der Waals surface area contributed by atoms with Crippen LogP contribution in [0, 0.1) is 0 Å². The van der Waals surface area contributed by atoms with Crippen molar-refractivity contribution in [3.8, 4) is 0 Å². The summed E-state index contributed by atoms with van der Waals surface area (Å²) in [5.41, 5.74) is 0. The van der Waals surface area contributed by atoms with Crippen molar-refractivity contribution < 1.29 is 18.3 Å². The van der Waals surface area contributed by atoms with Gasteiger partial charge in [-0.2, -0.15) is 4.31 Å². The predicted molar refractivity (Wildman–Crippen MR) is 71.4 cm³/mol. The normalized spacial score (nSPS) is 24.4. The van der Waals surface area contributed by atoms with Crippen LogP contribution in [0.25, 0.3) is 0 Å². The van der Waals surface area contributed by atoms with E-state index in [0.29, 0.717) is 26.2 Å². The Balaban J connectivity index is 1.90. The molecule has 2 rings (SSSR count). The van der Waals surface area contributed by atoms with Crippen LogP contribution in [-0.4, -0.2) is 66.7 Å². The molecule has 1 saturated heterocycles. The number of rotatable bonds is 4. The lowest BCUT2D eigenvalue weighted by molar-refractivity contribution is -0.138. The van der Waals surface area contributed by atoms with Crippen LogP contribution in [0.1, 0.15) is 32.1 Å². The number of nitrogens with zero attached hydrogens (tertiary/aromatic N) is 2. The van der Waals surface area contributed by atoms with Gasteiger partial charge in [-0.05, 0) is 12.8 Å². The molecule has 0 aromatic heterocycles. The molecule has 1 aliphatic heterocycles. The van der Waals surface area contributed by atoms with Crippen molar-refractivity contribution in [1.82, 2.24) is 9.21 Å². The number of sulfonamides is 1. The van der Waals surface area contributed by atoms with Crippen molar-refractivity contribution in [2.75, 3.05) is 32.7 Å². The van der Waals surface area contributed by atoms with Gasteiger partial charge in [0, 0.05) is 26.2 Å². The maximum atomic E-state index is 12.5. The van der Waals surface area contributed by atoms with E-state index in [1.165, 1.54) is 0 Å². The number of carboxylic acid groups (broad SMARTS) is 1. The van der Waals surface area contributed by atoms with Gasteiger partial charge in [-0.3, -0.25) is 9.69 Å². The fourth-order valence-corrected chi connectivity index (χ4v) is 4.93. The minimum absolute atomic E-state index is 0.00266. The van der Waals surface area contributed by atoms with E-state index in [-0.39, 0.29) is 11.8 Å². The molecule has 110 valence electrons. The first-order valence-corrected chi connectivity index (χ1v) is 8.43. The van der Waals surface area contributed by atoms with Crippen LogP contribution in [0.4, 0.5) is 0 Å². The molecule has 1 aliphatic carbocycles. The van der Waals surface area contributed by atoms with Crippen LogP contribution in [0.3, 0.4) is 0 Å². The van der Waals surface area contributed by atoms with E-state index in [9.17, 15) is 13.2 Å². The monoisotopic (exact) mass is 290 g/mol. The second-order valence-corrected chi connectivity index (χ2v) is 7.59. The van der Waals surface area contributed by atoms with Crippen LogP contribution in [0.5, 0.6) is 0 Å². The average molecular weight is 290 g/mol. The standard InChI is InChI=1S/C12H22N2O4S/c15-12(16)10-13-6-8-14(9-7-13)19(17,18)11-4-2-1-3-5-11/h11H,1-10H2,(H,15,16). The van der Waals surface area contributed by atoms with Gasteiger partial charge in [-0.1, -0.05) is 19.3 Å². The van der Waals surface area contributed by atoms with Gasteiger partial charge in [0.2, 0.25) is 10.0 Å². The molecule has 0 bridgehead atoms. The molecule has 0 radical (unpaired) electrons. The van der Waals surface area contributed by atoms with Crippen molar-refractivity contribution in [2.45, 2.75) is 37.4 Å². The topological polar surface area (TPSA) is 77.9 Å². The largest absolute Gasteiger partial charge is 0.480 e. The second kappa shape index (κ2) is 6.19. The highest BCUT2D eigenvalue weighted by atomic mass is 32.2. The van der Waals surface area contributed by atoms with Crippen LogP contribution < -0.4 is 0 Å². The van der Waals surface area contributed by atoms with Gasteiger partial charge in [0.15, 0.2) is 0 Å². The molecular weight excluding hydrogens is 268 g/mol. The molecule has 0 aromatic rings. The number of hydrogen-bond donors (Lipinski definition) is 1. The summed E-state index contributed by atoms with van der Waals surface area (Å²) < 4.78 is 26.5. The Morgan fingerprint density at radius 2 is 1.63 bits per heavy atom. The van der Waals surface area contributed by atoms with Crippen molar-refractivity contribution in [3.63, 3.8) is 0 Å². The predicted octanol–water partition coefficient (Wildman–Crippen LogP) is 0.351. The Morgan fingerprint density at radius 3 is 2.16 bits per heavy atom. The zero-order chi connectivity index (χ0) is 13.9. The quantitative estimate of drug-likeness (QED) is 0.808. The highest BCUT2D eigenvalue weighted by Gasteiger charge is 2.34. The van der Waals surface area contributed by atoms with E-state index in [2.05, 4.69) is 0 Å². The lowest BCUT2D eigenvalue weighted by atomic mass is 10.0. The van der Waals surface area contributed by atoms with Gasteiger partial charge < -0.3 is 5.11 Å². The Bertz CT molecular complexity index is 409. The molecule has 1 saturated carbocycles. The Morgan fingerprint density at radius 1 is 1.05 bits per heavy atom. The second-order valence-electron chi connectivity index (χ2n) is 5.37. The third-order valence-corrected chi connectivity index (χ3v) is 6.42. The summed E-state index contributed by atoms with van der Waals surface area (Å²) in [6, 6.07) is 0. The minimum Gasteiger partial charge on any atom is -0.480 e. The molecule has 0 aromatic carbocycles. The molecule has 2 fully saturated rings. The van der Waals surface area contributed by atoms with E-state index >= 15 is 0 Å². The summed E-state index contributed by atoms with van der Waals surface area (Å²) in [4.78, 5) is 12.4. The van der Waals surface area contributed by atoms with Crippen LogP contribution in [0.15, 0.2) is 0 Å². The molecular formula is C12H22N2O4S. The molecule has 0 unspecified atom stereocenters. The van der Waals surface area contributed by atoms with Crippen molar-refractivity contribution in [2.24, 2.45) is 0 Å². The van der Waals surface area contributed by atoms with Gasteiger partial charge >= 0.3 is 5.97 Å². The lowest BCUT2D eigenvalue weighted by Crippen LogP contribution is -2.52. The van der Waals surface area contributed by atoms with Gasteiger partial charge in [0.1, 0.15) is 0 Å². The van der Waals surface area contributed by atoms with Crippen molar-refractivity contribution in [1.29, 1.82) is 0 Å². The third-order valence-electron chi connectivity index (χ3n) is 4.02. The summed E-state index contributed by atoms with van der Waals surface area (Å²) in [7, 11) is -3.18. The average Bonchev–Trinajstić information content (AvgIpc) is 2.40. The first-order chi connectivity index (χ1) is 9.00. The molecule has 6 nitrogen and oxygen atoms in total. The number of aliphatic carboxylic acids is 1. The van der Waals surface area contributed by atoms with Gasteiger partial charge in [0.25, 0.3) is 0 Å². The number of carbonyl (C=O) groups is 1. The summed E-state index contributed by atoms with van der Waals surface area (Å²) in [6.07, 6.45) is 4.69. The van der Waals surface area contributed by atoms with E-state index in [4.69, 9.17) is 5.11 Å². The highest BCUT2D eigenvalue weighted by Crippen LogP contribution is 2.26. The van der Waals surface area contributed by atoms with Crippen molar-refractivity contribution in [3.05, 3.63) is 0 Å². The van der Waals surface area contributed by atoms with E-state index < -0.39 is 16.0 Å². The molecule has 0 atom stereocenters. The number of hydrogen-bond acceptors (Lipinski definition) is 4. The van der Waals surface area contributed by atoms with Gasteiger partial charge in [-0.15, -0.1) is 0 Å². The van der Waals surface area contributed by atoms with E-state index in [1.54, 1.807) is 9.21 Å². The van der Waals surface area contributed by atoms with Crippen molar-refractivity contribution >= 4 is 16.0 Å². The molecule has 7 heteroatoms. The minimum atomic E-state index is -3.18. The number of piperazine rings is 1. The third kappa shape index (κ3) is 3.67. The first kappa shape index (κ1) is 14.7. The SMILES string of the molecule is O=C(O)CN1CCN(S(=O)(=O)C2CCCCC2)CC1. The molecule has 0 spiro atoms. The van der Waals surface area contributed by atoms with E-state index in [0.717, 1.165) is 32.1 Å². The molecule has 1 heterocycles. The maximum absolute atomic E-state index is 12.5. The summed E-state index contributed by atoms with van der Waals surface area (Å²) in [5.74, 6) is -0.858. The first-order valence-electron chi connectivity index (χ1n) is 6.93. The summed E-state index contributed by atoms with van der Waals surface area (Å²) >= 11 is 0. The maximum Gasteiger partial charge on any atom is 0.317 e. The zero-order valence-corrected chi connectivity index (χ0v) is 11.9. The summed E-state index contributed by atoms with van der Waals surface area (Å²) in [6.45, 7) is 1.87. The lowest BCUT2D eigenvalue weighted by Gasteiger charge is -2.36. The Kier molecular flexibility index (Phi) is 4.81. The van der Waals surface area contributed by atoms with Crippen LogP contribution in [0.2, 0.25) is 0 Å². The highest BCUT2D eigenvalue weighted by molar-refractivity contribution is 7.89. The van der Waals surface area contributed by atoms with Crippen LogP contribution in [-0.2, 0) is 14.8 Å². The Labute approximate surface area is 114 Å². The fraction of sp³-hybridized carbons (Fsp3) is 0.917. The molecule has 2 aliphatic rings. The smallest absolute Gasteiger partial charge is 0.317 e. The van der Waals surface area contributed by atoms with Gasteiger partial charge in [0.05, 0.1) is 11.8 Å². The van der Waals surface area contributed by atoms with Gasteiger partial charge in [-0.25, -0.2) is 8.42 Å². The fourth-order valence-electron chi connectivity index (χ4n) is 2.91. The molecule has 1 N–H and O–H groups in total. The molecule has 19 heavy (non-hydrogen) atoms. The van der Waals surface area contributed by atoms with Crippen LogP contribution >= 0.6 is 0 Å². The van der Waals surface area contributed by atoms with E-state index in [1.807, 2.05) is 0 Å². The Hall–Kier alpha value is -0.660. The number of carboxylic acids is 1. The summed E-state index contributed by atoms with van der Waals surface area (Å²) in [5, 5.41) is 8.51.